The molecule has 1 saturated heterocycles. The minimum absolute atomic E-state index is 0. The molecule has 5 aromatic rings. The van der Waals surface area contributed by atoms with Crippen LogP contribution in [0.4, 0.5) is 17.6 Å². The minimum Gasteiger partial charge on any atom is -0.326 e. The quantitative estimate of drug-likeness (QED) is 0.284. The summed E-state index contributed by atoms with van der Waals surface area (Å²) in [6.45, 7) is 2.25. The summed E-state index contributed by atoms with van der Waals surface area (Å²) in [6, 6.07) is 9.02. The number of nitrogens with zero attached hydrogens (tertiary/aromatic N) is 7. The van der Waals surface area contributed by atoms with Crippen molar-refractivity contribution in [3.05, 3.63) is 65.7 Å². The largest absolute Gasteiger partial charge is 0.408 e. The fourth-order valence-electron chi connectivity index (χ4n) is 5.23. The lowest BCUT2D eigenvalue weighted by atomic mass is 10.1. The minimum atomic E-state index is -4.49. The molecule has 1 fully saturated rings. The summed E-state index contributed by atoms with van der Waals surface area (Å²) < 4.78 is 60.6. The molecule has 2 atom stereocenters. The lowest BCUT2D eigenvalue weighted by molar-refractivity contribution is -0.183. The van der Waals surface area contributed by atoms with Crippen molar-refractivity contribution < 1.29 is 17.6 Å². The van der Waals surface area contributed by atoms with Gasteiger partial charge in [0, 0.05) is 43.3 Å². The summed E-state index contributed by atoms with van der Waals surface area (Å²) in [5.74, 6) is -0.127. The van der Waals surface area contributed by atoms with Crippen LogP contribution in [0, 0.1) is 12.7 Å². The Morgan fingerprint density at radius 2 is 1.82 bits per heavy atom. The number of fused-ring (bicyclic) bond motifs is 2. The first-order valence-electron chi connectivity index (χ1n) is 12.1. The lowest BCUT2D eigenvalue weighted by Crippen LogP contribution is -2.38. The van der Waals surface area contributed by atoms with Gasteiger partial charge in [0.05, 0.1) is 16.9 Å². The average molecular weight is 597 g/mol. The molecule has 0 saturated carbocycles. The molecule has 5 heterocycles. The van der Waals surface area contributed by atoms with Crippen LogP contribution in [0.2, 0.25) is 0 Å². The van der Waals surface area contributed by atoms with E-state index in [1.54, 1.807) is 36.0 Å². The van der Waals surface area contributed by atoms with Crippen molar-refractivity contribution in [3.8, 4) is 22.8 Å². The van der Waals surface area contributed by atoms with E-state index in [4.69, 9.17) is 5.73 Å². The van der Waals surface area contributed by atoms with Gasteiger partial charge in [0.1, 0.15) is 17.6 Å². The first-order chi connectivity index (χ1) is 18.1. The highest BCUT2D eigenvalue weighted by molar-refractivity contribution is 5.86. The van der Waals surface area contributed by atoms with Crippen molar-refractivity contribution >= 4 is 41.4 Å². The molecule has 0 spiro atoms. The molecule has 1 aromatic carbocycles. The maximum absolute atomic E-state index is 14.9. The Labute approximate surface area is 239 Å². The Hall–Kier alpha value is -3.32. The zero-order valence-corrected chi connectivity index (χ0v) is 23.1. The molecule has 4 aromatic heterocycles. The molecular weight excluding hydrogens is 571 g/mol. The van der Waals surface area contributed by atoms with Gasteiger partial charge < -0.3 is 5.73 Å². The SMILES string of the molecule is Cc1cc(-c2cc3nc(-c4nnc5ccc([C@@H](N6CC[C@H](N)C6)C(F)(F)F)cn45)ccc3cc2F)n(C)n1.Cl.Cl. The van der Waals surface area contributed by atoms with E-state index in [1.807, 2.05) is 6.92 Å². The third kappa shape index (κ3) is 5.24. The highest BCUT2D eigenvalue weighted by Crippen LogP contribution is 2.39. The van der Waals surface area contributed by atoms with Crippen LogP contribution in [-0.4, -0.2) is 59.6 Å². The van der Waals surface area contributed by atoms with E-state index >= 15 is 0 Å². The number of likely N-dealkylation sites (tertiary alicyclic amines) is 1. The molecule has 1 aliphatic rings. The molecule has 0 bridgehead atoms. The number of aromatic nitrogens is 6. The maximum atomic E-state index is 14.9. The highest BCUT2D eigenvalue weighted by atomic mass is 35.5. The van der Waals surface area contributed by atoms with Gasteiger partial charge in [-0.2, -0.15) is 18.3 Å². The lowest BCUT2D eigenvalue weighted by Gasteiger charge is -2.30. The second-order valence-electron chi connectivity index (χ2n) is 9.72. The molecule has 1 aliphatic heterocycles. The van der Waals surface area contributed by atoms with Gasteiger partial charge in [-0.05, 0) is 49.2 Å². The predicted octanol–water partition coefficient (Wildman–Crippen LogP) is 5.27. The van der Waals surface area contributed by atoms with Gasteiger partial charge in [-0.1, -0.05) is 12.1 Å². The van der Waals surface area contributed by atoms with E-state index in [0.29, 0.717) is 39.9 Å². The van der Waals surface area contributed by atoms with Crippen molar-refractivity contribution in [2.24, 2.45) is 12.8 Å². The van der Waals surface area contributed by atoms with Gasteiger partial charge in [0.2, 0.25) is 0 Å². The molecular formula is C26H26Cl2F4N8. The Morgan fingerprint density at radius 1 is 1.05 bits per heavy atom. The van der Waals surface area contributed by atoms with Crippen molar-refractivity contribution in [2.75, 3.05) is 13.1 Å². The summed E-state index contributed by atoms with van der Waals surface area (Å²) in [7, 11) is 1.74. The summed E-state index contributed by atoms with van der Waals surface area (Å²) >= 11 is 0. The zero-order chi connectivity index (χ0) is 26.8. The number of pyridine rings is 2. The van der Waals surface area contributed by atoms with Crippen molar-refractivity contribution in [1.82, 2.24) is 34.3 Å². The first kappa shape index (κ1) is 29.7. The second kappa shape index (κ2) is 10.9. The van der Waals surface area contributed by atoms with Crippen LogP contribution in [0.15, 0.2) is 48.7 Å². The molecule has 0 unspecified atom stereocenters. The molecule has 2 N–H and O–H groups in total. The van der Waals surface area contributed by atoms with Gasteiger partial charge >= 0.3 is 6.18 Å². The molecule has 6 rings (SSSR count). The van der Waals surface area contributed by atoms with Crippen LogP contribution in [0.5, 0.6) is 0 Å². The van der Waals surface area contributed by atoms with E-state index in [0.717, 1.165) is 5.69 Å². The van der Waals surface area contributed by atoms with Crippen LogP contribution in [-0.2, 0) is 7.05 Å². The topological polar surface area (TPSA) is 90.2 Å². The molecule has 0 amide bonds. The van der Waals surface area contributed by atoms with Crippen LogP contribution in [0.1, 0.15) is 23.7 Å². The molecule has 0 aliphatic carbocycles. The van der Waals surface area contributed by atoms with Crippen LogP contribution < -0.4 is 5.73 Å². The third-order valence-electron chi connectivity index (χ3n) is 6.96. The number of nitrogens with two attached hydrogens (primary N) is 1. The van der Waals surface area contributed by atoms with E-state index in [2.05, 4.69) is 20.3 Å². The van der Waals surface area contributed by atoms with Crippen molar-refractivity contribution in [2.45, 2.75) is 31.6 Å². The second-order valence-corrected chi connectivity index (χ2v) is 9.72. The Kier molecular flexibility index (Phi) is 8.10. The van der Waals surface area contributed by atoms with E-state index in [-0.39, 0.29) is 55.3 Å². The van der Waals surface area contributed by atoms with E-state index in [1.165, 1.54) is 33.7 Å². The number of rotatable bonds is 4. The van der Waals surface area contributed by atoms with Gasteiger partial charge in [-0.3, -0.25) is 14.0 Å². The normalized spacial score (nSPS) is 16.7. The number of hydrogen-bond donors (Lipinski definition) is 1. The third-order valence-corrected chi connectivity index (χ3v) is 6.96. The molecule has 8 nitrogen and oxygen atoms in total. The fourth-order valence-corrected chi connectivity index (χ4v) is 5.23. The number of hydrogen-bond acceptors (Lipinski definition) is 6. The molecule has 0 radical (unpaired) electrons. The van der Waals surface area contributed by atoms with Gasteiger partial charge in [0.15, 0.2) is 11.5 Å². The monoisotopic (exact) mass is 596 g/mol. The van der Waals surface area contributed by atoms with Gasteiger partial charge in [-0.15, -0.1) is 35.0 Å². The molecule has 14 heteroatoms. The number of aryl methyl sites for hydroxylation is 2. The maximum Gasteiger partial charge on any atom is 0.408 e. The van der Waals surface area contributed by atoms with Crippen LogP contribution in [0.3, 0.4) is 0 Å². The van der Waals surface area contributed by atoms with E-state index in [9.17, 15) is 17.6 Å². The summed E-state index contributed by atoms with van der Waals surface area (Å²) in [5, 5.41) is 13.2. The summed E-state index contributed by atoms with van der Waals surface area (Å²) in [6.07, 6.45) is -2.57. The van der Waals surface area contributed by atoms with Crippen LogP contribution in [0.25, 0.3) is 39.3 Å². The molecule has 40 heavy (non-hydrogen) atoms. The average Bonchev–Trinajstić information content (AvgIpc) is 3.55. The zero-order valence-electron chi connectivity index (χ0n) is 21.4. The van der Waals surface area contributed by atoms with Gasteiger partial charge in [-0.25, -0.2) is 9.37 Å². The summed E-state index contributed by atoms with van der Waals surface area (Å²) in [5.41, 5.74) is 8.95. The Balaban J connectivity index is 0.00000185. The predicted molar refractivity (Wildman–Crippen MR) is 148 cm³/mol. The first-order valence-corrected chi connectivity index (χ1v) is 12.1. The van der Waals surface area contributed by atoms with E-state index < -0.39 is 18.0 Å². The van der Waals surface area contributed by atoms with Gasteiger partial charge in [0.25, 0.3) is 0 Å². The number of halogens is 6. The van der Waals surface area contributed by atoms with Crippen molar-refractivity contribution in [3.63, 3.8) is 0 Å². The summed E-state index contributed by atoms with van der Waals surface area (Å²) in [4.78, 5) is 6.03. The Bertz CT molecular complexity index is 1680. The molecule has 212 valence electrons. The number of alkyl halides is 3. The standard InChI is InChI=1S/C26H24F4N8.2ClH/c1-14-9-22(36(2)35-14)18-11-21-15(10-19(18)27)3-5-20(32-21)25-34-33-23-6-4-16(12-38(23)25)24(26(28,29)30)37-8-7-17(31)13-37;;/h3-6,9-12,17,24H,7-8,13,31H2,1-2H3;2*1H/t17-,24+;;/m0../s1. The Morgan fingerprint density at radius 3 is 2.48 bits per heavy atom. The smallest absolute Gasteiger partial charge is 0.326 e. The number of benzene rings is 1. The van der Waals surface area contributed by atoms with Crippen LogP contribution >= 0.6 is 24.8 Å². The van der Waals surface area contributed by atoms with Crippen molar-refractivity contribution in [1.29, 1.82) is 0 Å². The highest BCUT2D eigenvalue weighted by Gasteiger charge is 2.46. The fraction of sp³-hybridized carbons (Fsp3) is 0.308.